The second-order valence-corrected chi connectivity index (χ2v) is 4.49. The lowest BCUT2D eigenvalue weighted by atomic mass is 10.1. The highest BCUT2D eigenvalue weighted by molar-refractivity contribution is 5.71. The van der Waals surface area contributed by atoms with E-state index in [2.05, 4.69) is 9.72 Å². The molecule has 0 radical (unpaired) electrons. The van der Waals surface area contributed by atoms with Gasteiger partial charge in [-0.2, -0.15) is 10.2 Å². The van der Waals surface area contributed by atoms with E-state index in [4.69, 9.17) is 16.2 Å². The lowest BCUT2D eigenvalue weighted by Gasteiger charge is -2.26. The number of aliphatic hydroxyl groups excluding tert-OH is 2. The number of esters is 1. The minimum Gasteiger partial charge on any atom is -0.506 e. The first kappa shape index (κ1) is 16.3. The Bertz CT molecular complexity index is 766. The van der Waals surface area contributed by atoms with Gasteiger partial charge >= 0.3 is 17.4 Å². The summed E-state index contributed by atoms with van der Waals surface area (Å²) in [6.07, 6.45) is -0.818. The molecule has 1 unspecified atom stereocenters. The summed E-state index contributed by atoms with van der Waals surface area (Å²) in [5.74, 6) is -2.02. The Morgan fingerprint density at radius 1 is 1.65 bits per heavy atom. The lowest BCUT2D eigenvalue weighted by Crippen LogP contribution is -2.48. The third-order valence-corrected chi connectivity index (χ3v) is 3.07. The van der Waals surface area contributed by atoms with Crippen molar-refractivity contribution in [1.82, 2.24) is 9.55 Å². The number of aromatic nitrogens is 2. The van der Waals surface area contributed by atoms with Crippen LogP contribution in [0.3, 0.4) is 0 Å². The molecule has 2 atom stereocenters. The van der Waals surface area contributed by atoms with Gasteiger partial charge in [-0.15, -0.1) is 0 Å². The van der Waals surface area contributed by atoms with Gasteiger partial charge in [0.25, 0.3) is 0 Å². The Kier molecular flexibility index (Phi) is 4.21. The number of aliphatic hydroxyl groups is 2. The van der Waals surface area contributed by atoms with Crippen molar-refractivity contribution in [1.29, 1.82) is 5.26 Å². The molecule has 0 amide bonds. The molecule has 2 heterocycles. The third kappa shape index (κ3) is 2.68. The van der Waals surface area contributed by atoms with Crippen LogP contribution >= 0.6 is 0 Å². The normalized spacial score (nSPS) is 23.3. The molecule has 23 heavy (non-hydrogen) atoms. The van der Waals surface area contributed by atoms with Gasteiger partial charge in [-0.1, -0.05) is 0 Å². The second kappa shape index (κ2) is 5.95. The number of hydrogen-bond donors (Lipinski definition) is 4. The third-order valence-electron chi connectivity index (χ3n) is 3.07. The van der Waals surface area contributed by atoms with E-state index in [-0.39, 0.29) is 11.6 Å². The fourth-order valence-electron chi connectivity index (χ4n) is 1.93. The number of nitrogen functional groups attached to an aromatic ring is 1. The molecule has 1 aliphatic rings. The van der Waals surface area contributed by atoms with Gasteiger partial charge in [-0.3, -0.25) is 4.79 Å². The molecule has 1 aromatic rings. The van der Waals surface area contributed by atoms with Crippen LogP contribution in [0.5, 0.6) is 0 Å². The van der Waals surface area contributed by atoms with Gasteiger partial charge in [-0.05, 0) is 6.07 Å². The van der Waals surface area contributed by atoms with Crippen LogP contribution in [0.25, 0.3) is 0 Å². The molecular weight excluding hydrogens is 310 g/mol. The van der Waals surface area contributed by atoms with E-state index < -0.39 is 42.4 Å². The first-order valence-corrected chi connectivity index (χ1v) is 6.27. The Labute approximate surface area is 129 Å². The van der Waals surface area contributed by atoms with E-state index in [1.165, 1.54) is 6.07 Å². The maximum absolute atomic E-state index is 11.9. The molecule has 122 valence electrons. The van der Waals surface area contributed by atoms with Gasteiger partial charge < -0.3 is 31.2 Å². The van der Waals surface area contributed by atoms with Gasteiger partial charge in [-0.25, -0.2) is 9.36 Å². The average Bonchev–Trinajstić information content (AvgIpc) is 2.78. The van der Waals surface area contributed by atoms with Crippen LogP contribution in [0.15, 0.2) is 28.6 Å². The zero-order chi connectivity index (χ0) is 17.2. The summed E-state index contributed by atoms with van der Waals surface area (Å²) < 4.78 is 10.5. The molecule has 0 aliphatic carbocycles. The maximum atomic E-state index is 11.9. The fourth-order valence-corrected chi connectivity index (χ4v) is 1.93. The SMILES string of the molecule is N#C[C@@]1(n2ccc(N)nc2=O)OC(COC(=O)CN)=C(O)C1O. The van der Waals surface area contributed by atoms with E-state index in [1.54, 1.807) is 6.07 Å². The van der Waals surface area contributed by atoms with Crippen molar-refractivity contribution < 1.29 is 24.5 Å². The molecule has 11 nitrogen and oxygen atoms in total. The first-order chi connectivity index (χ1) is 10.9. The monoisotopic (exact) mass is 323 g/mol. The van der Waals surface area contributed by atoms with Crippen LogP contribution in [0.1, 0.15) is 0 Å². The van der Waals surface area contributed by atoms with Gasteiger partial charge in [0.05, 0.1) is 6.54 Å². The summed E-state index contributed by atoms with van der Waals surface area (Å²) in [7, 11) is 0. The van der Waals surface area contributed by atoms with E-state index in [0.717, 1.165) is 6.20 Å². The number of ether oxygens (including phenoxy) is 2. The highest BCUT2D eigenvalue weighted by Crippen LogP contribution is 2.36. The van der Waals surface area contributed by atoms with E-state index in [0.29, 0.717) is 4.57 Å². The molecule has 0 bridgehead atoms. The van der Waals surface area contributed by atoms with Crippen molar-refractivity contribution in [3.05, 3.63) is 34.3 Å². The maximum Gasteiger partial charge on any atom is 0.353 e. The quantitative estimate of drug-likeness (QED) is 0.437. The number of nitriles is 1. The molecule has 0 fully saturated rings. The molecular formula is C12H13N5O6. The number of hydrogen-bond acceptors (Lipinski definition) is 10. The Hall–Kier alpha value is -3.10. The smallest absolute Gasteiger partial charge is 0.353 e. The van der Waals surface area contributed by atoms with Crippen molar-refractivity contribution in [2.24, 2.45) is 5.73 Å². The topological polar surface area (TPSA) is 187 Å². The molecule has 0 aromatic carbocycles. The second-order valence-electron chi connectivity index (χ2n) is 4.49. The van der Waals surface area contributed by atoms with Crippen LogP contribution in [-0.4, -0.2) is 45.0 Å². The summed E-state index contributed by atoms with van der Waals surface area (Å²) in [4.78, 5) is 26.3. The minimum atomic E-state index is -2.30. The predicted octanol–water partition coefficient (Wildman–Crippen LogP) is -2.34. The molecule has 1 aliphatic heterocycles. The van der Waals surface area contributed by atoms with E-state index >= 15 is 0 Å². The molecule has 11 heteroatoms. The van der Waals surface area contributed by atoms with Crippen molar-refractivity contribution in [2.45, 2.75) is 11.8 Å². The number of nitrogens with two attached hydrogens (primary N) is 2. The summed E-state index contributed by atoms with van der Waals surface area (Å²) in [5, 5.41) is 29.4. The largest absolute Gasteiger partial charge is 0.506 e. The fraction of sp³-hybridized carbons (Fsp3) is 0.333. The summed E-state index contributed by atoms with van der Waals surface area (Å²) >= 11 is 0. The minimum absolute atomic E-state index is 0.0962. The van der Waals surface area contributed by atoms with Crippen molar-refractivity contribution in [3.63, 3.8) is 0 Å². The number of nitrogens with zero attached hydrogens (tertiary/aromatic N) is 3. The highest BCUT2D eigenvalue weighted by atomic mass is 16.6. The van der Waals surface area contributed by atoms with Crippen molar-refractivity contribution in [3.8, 4) is 6.07 Å². The summed E-state index contributed by atoms with van der Waals surface area (Å²) in [5.41, 5.74) is 7.15. The van der Waals surface area contributed by atoms with Crippen LogP contribution in [0.4, 0.5) is 5.82 Å². The zero-order valence-electron chi connectivity index (χ0n) is 11.7. The molecule has 0 saturated carbocycles. The van der Waals surface area contributed by atoms with E-state index in [1.807, 2.05) is 0 Å². The van der Waals surface area contributed by atoms with Gasteiger partial charge in [0.2, 0.25) is 0 Å². The summed E-state index contributed by atoms with van der Waals surface area (Å²) in [6, 6.07) is 2.82. The van der Waals surface area contributed by atoms with Crippen molar-refractivity contribution in [2.75, 3.05) is 18.9 Å². The van der Waals surface area contributed by atoms with Gasteiger partial charge in [0, 0.05) is 6.20 Å². The highest BCUT2D eigenvalue weighted by Gasteiger charge is 2.53. The van der Waals surface area contributed by atoms with Crippen LogP contribution in [0, 0.1) is 11.3 Å². The first-order valence-electron chi connectivity index (χ1n) is 6.27. The predicted molar refractivity (Wildman–Crippen MR) is 73.3 cm³/mol. The number of anilines is 1. The molecule has 1 aromatic heterocycles. The zero-order valence-corrected chi connectivity index (χ0v) is 11.7. The number of rotatable bonds is 4. The Balaban J connectivity index is 2.37. The molecule has 0 saturated heterocycles. The lowest BCUT2D eigenvalue weighted by molar-refractivity contribution is -0.143. The molecule has 6 N–H and O–H groups in total. The Morgan fingerprint density at radius 2 is 2.35 bits per heavy atom. The number of carbonyl (C=O) groups excluding carboxylic acids is 1. The average molecular weight is 323 g/mol. The van der Waals surface area contributed by atoms with Crippen molar-refractivity contribution >= 4 is 11.8 Å². The molecule has 0 spiro atoms. The molecule has 2 rings (SSSR count). The van der Waals surface area contributed by atoms with Crippen LogP contribution in [-0.2, 0) is 20.0 Å². The standard InChI is InChI=1S/C12H13N5O6/c13-3-8(18)22-4-6-9(19)10(20)12(5-14,23-6)17-2-1-7(15)16-11(17)21/h1-2,10,19-20H,3-4,13H2,(H2,15,16,21)/t10?,12-/m1/s1. The van der Waals surface area contributed by atoms with Gasteiger partial charge in [0.1, 0.15) is 11.9 Å². The van der Waals surface area contributed by atoms with Crippen LogP contribution < -0.4 is 17.2 Å². The van der Waals surface area contributed by atoms with Gasteiger partial charge in [0.15, 0.2) is 24.2 Å². The summed E-state index contributed by atoms with van der Waals surface area (Å²) in [6.45, 7) is -0.971. The van der Waals surface area contributed by atoms with E-state index in [9.17, 15) is 25.1 Å². The number of carbonyl (C=O) groups is 1. The Morgan fingerprint density at radius 3 is 2.91 bits per heavy atom. The van der Waals surface area contributed by atoms with Crippen LogP contribution in [0.2, 0.25) is 0 Å².